The average molecular weight is 506 g/mol. The molecule has 2 aliphatic rings. The van der Waals surface area contributed by atoms with Gasteiger partial charge in [0.15, 0.2) is 5.69 Å². The van der Waals surface area contributed by atoms with Gasteiger partial charge in [-0.05, 0) is 62.2 Å². The van der Waals surface area contributed by atoms with E-state index < -0.39 is 0 Å². The van der Waals surface area contributed by atoms with Crippen LogP contribution in [0.4, 0.5) is 17.3 Å². The maximum Gasteiger partial charge on any atom is 0.227 e. The van der Waals surface area contributed by atoms with Crippen molar-refractivity contribution in [3.63, 3.8) is 0 Å². The normalized spacial score (nSPS) is 16.2. The monoisotopic (exact) mass is 505 g/mol. The number of amides is 1. The lowest BCUT2D eigenvalue weighted by molar-refractivity contribution is -0.118. The van der Waals surface area contributed by atoms with E-state index in [0.717, 1.165) is 77.6 Å². The highest BCUT2D eigenvalue weighted by Gasteiger charge is 2.27. The molecule has 0 N–H and O–H groups in total. The first-order valence-electron chi connectivity index (χ1n) is 13.1. The van der Waals surface area contributed by atoms with E-state index in [2.05, 4.69) is 45.3 Å². The van der Waals surface area contributed by atoms with Gasteiger partial charge in [-0.15, -0.1) is 0 Å². The first-order valence-corrected chi connectivity index (χ1v) is 13.1. The van der Waals surface area contributed by atoms with Crippen molar-refractivity contribution in [1.29, 1.82) is 0 Å². The molecule has 0 spiro atoms. The second-order valence-corrected chi connectivity index (χ2v) is 10.4. The molecular weight excluding hydrogens is 474 g/mol. The first kappa shape index (κ1) is 24.1. The Balaban J connectivity index is 1.53. The molecule has 8 nitrogen and oxygen atoms in total. The quantitative estimate of drug-likeness (QED) is 0.363. The molecule has 1 saturated heterocycles. The third-order valence-electron chi connectivity index (χ3n) is 7.99. The third-order valence-corrected chi connectivity index (χ3v) is 7.99. The third kappa shape index (κ3) is 4.09. The molecule has 1 amide bonds. The number of carbonyl (C=O) groups excluding carboxylic acids is 1. The van der Waals surface area contributed by atoms with Crippen molar-refractivity contribution >= 4 is 28.9 Å². The molecule has 2 aromatic heterocycles. The number of piperidine rings is 1. The molecule has 2 aromatic carbocycles. The summed E-state index contributed by atoms with van der Waals surface area (Å²) in [6.07, 6.45) is 7.23. The summed E-state index contributed by atoms with van der Waals surface area (Å²) in [6, 6.07) is 14.5. The Morgan fingerprint density at radius 2 is 1.76 bits per heavy atom. The zero-order valence-electron chi connectivity index (χ0n) is 22.1. The molecule has 6 rings (SSSR count). The smallest absolute Gasteiger partial charge is 0.227 e. The predicted molar refractivity (Wildman–Crippen MR) is 151 cm³/mol. The van der Waals surface area contributed by atoms with Crippen molar-refractivity contribution in [3.05, 3.63) is 71.8 Å². The second kappa shape index (κ2) is 9.58. The molecule has 0 radical (unpaired) electrons. The number of anilines is 2. The summed E-state index contributed by atoms with van der Waals surface area (Å²) in [6.45, 7) is 9.23. The number of hydrogen-bond donors (Lipinski definition) is 0. The van der Waals surface area contributed by atoms with Crippen molar-refractivity contribution in [2.45, 2.75) is 31.7 Å². The summed E-state index contributed by atoms with van der Waals surface area (Å²) in [7, 11) is 6.14. The highest BCUT2D eigenvalue weighted by atomic mass is 16.2. The van der Waals surface area contributed by atoms with Gasteiger partial charge in [0.05, 0.1) is 17.8 Å². The van der Waals surface area contributed by atoms with Crippen molar-refractivity contribution in [2.24, 2.45) is 0 Å². The van der Waals surface area contributed by atoms with Gasteiger partial charge < -0.3 is 14.7 Å². The van der Waals surface area contributed by atoms with Crippen LogP contribution < -0.4 is 9.80 Å². The van der Waals surface area contributed by atoms with E-state index in [1.54, 1.807) is 4.90 Å². The number of aromatic nitrogens is 3. The molecule has 0 saturated carbocycles. The number of nitrogens with zero attached hydrogens (tertiary/aromatic N) is 7. The number of benzene rings is 2. The van der Waals surface area contributed by atoms with Crippen molar-refractivity contribution < 1.29 is 4.79 Å². The van der Waals surface area contributed by atoms with Crippen LogP contribution in [0.1, 0.15) is 24.8 Å². The van der Waals surface area contributed by atoms with Crippen LogP contribution in [0.3, 0.4) is 0 Å². The molecule has 4 heterocycles. The van der Waals surface area contributed by atoms with E-state index in [0.29, 0.717) is 18.2 Å². The molecule has 4 aromatic rings. The lowest BCUT2D eigenvalue weighted by Crippen LogP contribution is -2.43. The maximum atomic E-state index is 12.3. The van der Waals surface area contributed by atoms with E-state index in [9.17, 15) is 4.79 Å². The summed E-state index contributed by atoms with van der Waals surface area (Å²) in [5.74, 6) is 1.04. The van der Waals surface area contributed by atoms with Crippen molar-refractivity contribution in [3.8, 4) is 22.4 Å². The fourth-order valence-corrected chi connectivity index (χ4v) is 5.75. The number of carbonyl (C=O) groups is 1. The molecule has 0 atom stereocenters. The second-order valence-electron chi connectivity index (χ2n) is 10.4. The van der Waals surface area contributed by atoms with E-state index >= 15 is 0 Å². The molecule has 1 fully saturated rings. The standard InChI is InChI=1S/C30H31N7O/c1-31-23-9-5-20(6-10-23)28-27(22-7-11-25-21(19-22)8-12-26(38)35(25)4)29-32-15-18-37(29)30(33-28)36-16-13-24(14-17-36)34(2)3/h5-7,9-11,15,18-19,24H,8,12-14,16-17H2,2-4H3. The van der Waals surface area contributed by atoms with E-state index in [-0.39, 0.29) is 5.91 Å². The highest BCUT2D eigenvalue weighted by Crippen LogP contribution is 2.39. The number of rotatable bonds is 4. The van der Waals surface area contributed by atoms with Crippen LogP contribution in [0.15, 0.2) is 54.9 Å². The van der Waals surface area contributed by atoms with Crippen LogP contribution in [0.25, 0.3) is 32.9 Å². The molecule has 2 aliphatic heterocycles. The van der Waals surface area contributed by atoms with Crippen molar-refractivity contribution in [2.75, 3.05) is 44.0 Å². The van der Waals surface area contributed by atoms with Gasteiger partial charge in [0, 0.05) is 50.7 Å². The lowest BCUT2D eigenvalue weighted by atomic mass is 9.94. The van der Waals surface area contributed by atoms with E-state index in [1.807, 2.05) is 49.8 Å². The molecule has 192 valence electrons. The topological polar surface area (TPSA) is 61.3 Å². The minimum absolute atomic E-state index is 0.144. The summed E-state index contributed by atoms with van der Waals surface area (Å²) >= 11 is 0. The lowest BCUT2D eigenvalue weighted by Gasteiger charge is -2.36. The number of aryl methyl sites for hydroxylation is 1. The Morgan fingerprint density at radius 1 is 1.03 bits per heavy atom. The molecule has 0 unspecified atom stereocenters. The SMILES string of the molecule is [C-]#[N+]c1ccc(-c2nc(N3CCC(N(C)C)CC3)n3ccnc3c2-c2ccc3c(c2)CCC(=O)N3C)cc1. The molecular formula is C30H31N7O. The van der Waals surface area contributed by atoms with Crippen LogP contribution in [0.2, 0.25) is 0 Å². The summed E-state index contributed by atoms with van der Waals surface area (Å²) in [5, 5.41) is 0. The molecule has 0 aliphatic carbocycles. The zero-order valence-corrected chi connectivity index (χ0v) is 22.1. The minimum atomic E-state index is 0.144. The molecule has 8 heteroatoms. The Hall–Kier alpha value is -4.22. The van der Waals surface area contributed by atoms with Gasteiger partial charge in [-0.1, -0.05) is 30.3 Å². The maximum absolute atomic E-state index is 12.3. The summed E-state index contributed by atoms with van der Waals surface area (Å²) in [5.41, 5.74) is 7.35. The highest BCUT2D eigenvalue weighted by molar-refractivity contribution is 5.97. The van der Waals surface area contributed by atoms with Gasteiger partial charge in [0.1, 0.15) is 5.65 Å². The van der Waals surface area contributed by atoms with E-state index in [1.165, 1.54) is 0 Å². The minimum Gasteiger partial charge on any atom is -0.342 e. The van der Waals surface area contributed by atoms with Crippen LogP contribution >= 0.6 is 0 Å². The van der Waals surface area contributed by atoms with Gasteiger partial charge in [-0.25, -0.2) is 14.8 Å². The van der Waals surface area contributed by atoms with Crippen LogP contribution in [-0.4, -0.2) is 65.5 Å². The predicted octanol–water partition coefficient (Wildman–Crippen LogP) is 5.05. The summed E-state index contributed by atoms with van der Waals surface area (Å²) < 4.78 is 2.11. The van der Waals surface area contributed by atoms with Crippen LogP contribution in [-0.2, 0) is 11.2 Å². The fraction of sp³-hybridized carbons (Fsp3) is 0.333. The average Bonchev–Trinajstić information content (AvgIpc) is 3.44. The Bertz CT molecular complexity index is 1560. The first-order chi connectivity index (χ1) is 18.4. The van der Waals surface area contributed by atoms with Gasteiger partial charge >= 0.3 is 0 Å². The molecule has 38 heavy (non-hydrogen) atoms. The summed E-state index contributed by atoms with van der Waals surface area (Å²) in [4.78, 5) is 32.4. The van der Waals surface area contributed by atoms with Crippen molar-refractivity contribution in [1.82, 2.24) is 19.3 Å². The van der Waals surface area contributed by atoms with Gasteiger partial charge in [-0.3, -0.25) is 9.20 Å². The largest absolute Gasteiger partial charge is 0.342 e. The number of hydrogen-bond acceptors (Lipinski definition) is 5. The Kier molecular flexibility index (Phi) is 6.09. The van der Waals surface area contributed by atoms with Gasteiger partial charge in [0.2, 0.25) is 11.9 Å². The Labute approximate surface area is 223 Å². The molecule has 0 bridgehead atoms. The zero-order chi connectivity index (χ0) is 26.4. The van der Waals surface area contributed by atoms with E-state index in [4.69, 9.17) is 16.5 Å². The van der Waals surface area contributed by atoms with Crippen LogP contribution in [0.5, 0.6) is 0 Å². The van der Waals surface area contributed by atoms with Gasteiger partial charge in [0.25, 0.3) is 0 Å². The fourth-order valence-electron chi connectivity index (χ4n) is 5.75. The van der Waals surface area contributed by atoms with Crippen LogP contribution in [0, 0.1) is 6.57 Å². The number of fused-ring (bicyclic) bond motifs is 2. The van der Waals surface area contributed by atoms with Gasteiger partial charge in [-0.2, -0.15) is 0 Å². The Morgan fingerprint density at radius 3 is 2.47 bits per heavy atom. The number of imidazole rings is 1.